The maximum atomic E-state index is 11.5. The molecule has 2 amide bonds. The Hall–Kier alpha value is -1.99. The highest BCUT2D eigenvalue weighted by Gasteiger charge is 2.06. The molecule has 0 aliphatic rings. The van der Waals surface area contributed by atoms with Gasteiger partial charge in [-0.05, 0) is 24.1 Å². The fourth-order valence-electron chi connectivity index (χ4n) is 1.70. The second-order valence-electron chi connectivity index (χ2n) is 4.27. The van der Waals surface area contributed by atoms with Gasteiger partial charge in [0.2, 0.25) is 11.8 Å². The van der Waals surface area contributed by atoms with Gasteiger partial charge in [0.25, 0.3) is 0 Å². The van der Waals surface area contributed by atoms with Crippen molar-refractivity contribution in [1.82, 2.24) is 10.6 Å². The lowest BCUT2D eigenvalue weighted by atomic mass is 10.1. The Morgan fingerprint density at radius 1 is 1.09 bits per heavy atom. The number of nitrogens with two attached hydrogens (primary N) is 1. The third kappa shape index (κ3) is 6.64. The van der Waals surface area contributed by atoms with Gasteiger partial charge >= 0.3 is 0 Å². The first kappa shape index (κ1) is 20.0. The van der Waals surface area contributed by atoms with Crippen LogP contribution in [0, 0.1) is 0 Å². The summed E-state index contributed by atoms with van der Waals surface area (Å²) in [4.78, 5) is 22.4. The van der Waals surface area contributed by atoms with Crippen LogP contribution < -0.4 is 25.8 Å². The molecule has 0 atom stereocenters. The number of ether oxygens (including phenoxy) is 2. The maximum absolute atomic E-state index is 11.5. The van der Waals surface area contributed by atoms with E-state index in [1.807, 2.05) is 18.2 Å². The first-order valence-electron chi connectivity index (χ1n) is 6.55. The molecule has 1 aromatic rings. The third-order valence-electron chi connectivity index (χ3n) is 2.82. The summed E-state index contributed by atoms with van der Waals surface area (Å²) in [6.45, 7) is 0.272. The van der Waals surface area contributed by atoms with Gasteiger partial charge in [-0.2, -0.15) is 0 Å². The van der Waals surface area contributed by atoms with Gasteiger partial charge < -0.3 is 25.8 Å². The number of carbonyl (C=O) groups excluding carboxylic acids is 2. The molecule has 7 nitrogen and oxygen atoms in total. The molecule has 0 fully saturated rings. The molecule has 0 saturated heterocycles. The van der Waals surface area contributed by atoms with Crippen molar-refractivity contribution in [2.24, 2.45) is 5.73 Å². The predicted octanol–water partition coefficient (Wildman–Crippen LogP) is -0.141. The third-order valence-corrected chi connectivity index (χ3v) is 2.82. The van der Waals surface area contributed by atoms with Crippen LogP contribution in [0.4, 0.5) is 0 Å². The average Bonchev–Trinajstić information content (AvgIpc) is 2.52. The van der Waals surface area contributed by atoms with Crippen molar-refractivity contribution in [2.45, 2.75) is 6.42 Å². The summed E-state index contributed by atoms with van der Waals surface area (Å²) in [7, 11) is 3.15. The van der Waals surface area contributed by atoms with Gasteiger partial charge in [-0.3, -0.25) is 9.59 Å². The fraction of sp³-hybridized carbons (Fsp3) is 0.429. The molecular weight excluding hydrogens is 310 g/mol. The lowest BCUT2D eigenvalue weighted by molar-refractivity contribution is -0.125. The van der Waals surface area contributed by atoms with Crippen molar-refractivity contribution in [3.05, 3.63) is 23.8 Å². The molecule has 0 heterocycles. The van der Waals surface area contributed by atoms with Gasteiger partial charge in [0.05, 0.1) is 27.3 Å². The Morgan fingerprint density at radius 2 is 1.77 bits per heavy atom. The summed E-state index contributed by atoms with van der Waals surface area (Å²) in [6, 6.07) is 5.59. The standard InChI is InChI=1S/C14H21N3O4.ClH/c1-20-11-4-3-10(7-12(11)21-2)5-6-16-14(19)9-17-13(18)8-15;/h3-4,7H,5-6,8-9,15H2,1-2H3,(H,16,19)(H,17,18);1H. The molecule has 0 aromatic heterocycles. The van der Waals surface area contributed by atoms with E-state index in [1.54, 1.807) is 14.2 Å². The van der Waals surface area contributed by atoms with Crippen molar-refractivity contribution < 1.29 is 19.1 Å². The molecule has 0 unspecified atom stereocenters. The van der Waals surface area contributed by atoms with E-state index < -0.39 is 0 Å². The number of halogens is 1. The highest BCUT2D eigenvalue weighted by atomic mass is 35.5. The minimum atomic E-state index is -0.356. The van der Waals surface area contributed by atoms with E-state index in [0.717, 1.165) is 5.56 Å². The zero-order valence-corrected chi connectivity index (χ0v) is 13.5. The number of carbonyl (C=O) groups is 2. The SMILES string of the molecule is COc1ccc(CCNC(=O)CNC(=O)CN)cc1OC.Cl. The highest BCUT2D eigenvalue weighted by molar-refractivity contribution is 5.85. The largest absolute Gasteiger partial charge is 0.493 e. The molecular formula is C14H22ClN3O4. The first-order valence-corrected chi connectivity index (χ1v) is 6.55. The van der Waals surface area contributed by atoms with Gasteiger partial charge in [0, 0.05) is 6.54 Å². The number of methoxy groups -OCH3 is 2. The molecule has 0 saturated carbocycles. The number of amides is 2. The predicted molar refractivity (Wildman–Crippen MR) is 85.6 cm³/mol. The van der Waals surface area contributed by atoms with Crippen molar-refractivity contribution in [3.8, 4) is 11.5 Å². The molecule has 4 N–H and O–H groups in total. The number of nitrogens with one attached hydrogen (secondary N) is 2. The van der Waals surface area contributed by atoms with Crippen LogP contribution in [0.1, 0.15) is 5.56 Å². The van der Waals surface area contributed by atoms with Gasteiger partial charge in [-0.25, -0.2) is 0 Å². The number of rotatable bonds is 8. The van der Waals surface area contributed by atoms with Crippen LogP contribution in [-0.2, 0) is 16.0 Å². The summed E-state index contributed by atoms with van der Waals surface area (Å²) >= 11 is 0. The van der Waals surface area contributed by atoms with Crippen LogP contribution in [0.5, 0.6) is 11.5 Å². The van der Waals surface area contributed by atoms with Crippen LogP contribution in [0.25, 0.3) is 0 Å². The molecule has 0 aliphatic carbocycles. The number of benzene rings is 1. The van der Waals surface area contributed by atoms with Crippen LogP contribution in [-0.4, -0.2) is 45.7 Å². The van der Waals surface area contributed by atoms with Gasteiger partial charge in [-0.1, -0.05) is 6.07 Å². The minimum absolute atomic E-state index is 0. The Kier molecular flexibility index (Phi) is 9.73. The molecule has 0 spiro atoms. The zero-order chi connectivity index (χ0) is 15.7. The van der Waals surface area contributed by atoms with Crippen molar-refractivity contribution in [3.63, 3.8) is 0 Å². The summed E-state index contributed by atoms with van der Waals surface area (Å²) < 4.78 is 10.4. The van der Waals surface area contributed by atoms with Crippen LogP contribution in [0.15, 0.2) is 18.2 Å². The molecule has 0 bridgehead atoms. The lowest BCUT2D eigenvalue weighted by Gasteiger charge is -2.10. The molecule has 0 aliphatic heterocycles. The van der Waals surface area contributed by atoms with Crippen molar-refractivity contribution in [1.29, 1.82) is 0 Å². The van der Waals surface area contributed by atoms with Gasteiger partial charge in [0.15, 0.2) is 11.5 Å². The van der Waals surface area contributed by atoms with Crippen LogP contribution in [0.3, 0.4) is 0 Å². The Morgan fingerprint density at radius 3 is 2.36 bits per heavy atom. The Bertz CT molecular complexity index is 497. The van der Waals surface area contributed by atoms with Gasteiger partial charge in [-0.15, -0.1) is 12.4 Å². The normalized spacial score (nSPS) is 9.41. The number of hydrogen-bond acceptors (Lipinski definition) is 5. The zero-order valence-electron chi connectivity index (χ0n) is 12.7. The summed E-state index contributed by atoms with van der Waals surface area (Å²) in [5.41, 5.74) is 6.13. The molecule has 124 valence electrons. The maximum Gasteiger partial charge on any atom is 0.239 e. The topological polar surface area (TPSA) is 103 Å². The van der Waals surface area contributed by atoms with E-state index in [2.05, 4.69) is 10.6 Å². The average molecular weight is 332 g/mol. The minimum Gasteiger partial charge on any atom is -0.493 e. The molecule has 8 heteroatoms. The molecule has 1 rings (SSSR count). The Balaban J connectivity index is 0.00000441. The van der Waals surface area contributed by atoms with E-state index >= 15 is 0 Å². The van der Waals surface area contributed by atoms with Gasteiger partial charge in [0.1, 0.15) is 0 Å². The Labute approximate surface area is 135 Å². The van der Waals surface area contributed by atoms with E-state index in [4.69, 9.17) is 15.2 Å². The van der Waals surface area contributed by atoms with Crippen LogP contribution >= 0.6 is 12.4 Å². The first-order chi connectivity index (χ1) is 10.1. The molecule has 22 heavy (non-hydrogen) atoms. The van der Waals surface area contributed by atoms with Crippen molar-refractivity contribution in [2.75, 3.05) is 33.9 Å². The summed E-state index contributed by atoms with van der Waals surface area (Å²) in [5.74, 6) is 0.702. The quantitative estimate of drug-likeness (QED) is 0.615. The fourth-order valence-corrected chi connectivity index (χ4v) is 1.70. The molecule has 1 aromatic carbocycles. The highest BCUT2D eigenvalue weighted by Crippen LogP contribution is 2.27. The monoisotopic (exact) mass is 331 g/mol. The van der Waals surface area contributed by atoms with E-state index in [9.17, 15) is 9.59 Å². The second-order valence-corrected chi connectivity index (χ2v) is 4.27. The van der Waals surface area contributed by atoms with E-state index in [0.29, 0.717) is 24.5 Å². The summed E-state index contributed by atoms with van der Waals surface area (Å²) in [6.07, 6.45) is 0.650. The molecule has 0 radical (unpaired) electrons. The van der Waals surface area contributed by atoms with E-state index in [1.165, 1.54) is 0 Å². The summed E-state index contributed by atoms with van der Waals surface area (Å²) in [5, 5.41) is 5.11. The van der Waals surface area contributed by atoms with E-state index in [-0.39, 0.29) is 37.3 Å². The lowest BCUT2D eigenvalue weighted by Crippen LogP contribution is -2.40. The smallest absolute Gasteiger partial charge is 0.239 e. The van der Waals surface area contributed by atoms with Crippen molar-refractivity contribution >= 4 is 24.2 Å². The number of hydrogen-bond donors (Lipinski definition) is 3. The second kappa shape index (κ2) is 10.7. The van der Waals surface area contributed by atoms with Crippen LogP contribution in [0.2, 0.25) is 0 Å².